The Morgan fingerprint density at radius 2 is 2.17 bits per heavy atom. The molecule has 10 heteroatoms. The number of nitrogens with two attached hydrogens (primary N) is 1. The Labute approximate surface area is 139 Å². The molecule has 1 atom stereocenters. The fourth-order valence-electron chi connectivity index (χ4n) is 1.88. The average Bonchev–Trinajstić information content (AvgIpc) is 2.93. The van der Waals surface area contributed by atoms with Crippen molar-refractivity contribution >= 4 is 24.0 Å². The van der Waals surface area contributed by atoms with Gasteiger partial charge in [0, 0.05) is 12.8 Å². The molecule has 1 amide bonds. The highest BCUT2D eigenvalue weighted by Crippen LogP contribution is 2.26. The van der Waals surface area contributed by atoms with Gasteiger partial charge in [0.15, 0.2) is 5.82 Å². The lowest BCUT2D eigenvalue weighted by Crippen LogP contribution is -2.39. The van der Waals surface area contributed by atoms with Crippen LogP contribution in [0.4, 0.5) is 5.69 Å². The number of anilines is 1. The first kappa shape index (κ1) is 18.8. The molecule has 0 bridgehead atoms. The van der Waals surface area contributed by atoms with Crippen LogP contribution in [-0.2, 0) is 9.53 Å². The molecule has 2 rings (SSSR count). The van der Waals surface area contributed by atoms with E-state index in [2.05, 4.69) is 20.8 Å². The minimum absolute atomic E-state index is 0. The molecule has 0 saturated heterocycles. The topological polar surface area (TPSA) is 117 Å². The van der Waals surface area contributed by atoms with E-state index in [1.807, 2.05) is 0 Å². The van der Waals surface area contributed by atoms with E-state index >= 15 is 0 Å². The SMILES string of the molecule is COCC(N)C(=O)Nc1ccc(OC)c(-n2nnnc2C)c1.Cl. The molecule has 9 nitrogen and oxygen atoms in total. The molecule has 126 valence electrons. The summed E-state index contributed by atoms with van der Waals surface area (Å²) in [6.45, 7) is 1.90. The summed E-state index contributed by atoms with van der Waals surface area (Å²) >= 11 is 0. The maximum atomic E-state index is 11.9. The van der Waals surface area contributed by atoms with Crippen LogP contribution in [0.3, 0.4) is 0 Å². The molecule has 2 aromatic rings. The van der Waals surface area contributed by atoms with Gasteiger partial charge >= 0.3 is 0 Å². The van der Waals surface area contributed by atoms with Crippen LogP contribution in [0, 0.1) is 6.92 Å². The third kappa shape index (κ3) is 4.38. The van der Waals surface area contributed by atoms with Crippen molar-refractivity contribution in [3.63, 3.8) is 0 Å². The molecule has 0 spiro atoms. The number of methoxy groups -OCH3 is 2. The van der Waals surface area contributed by atoms with E-state index in [-0.39, 0.29) is 24.9 Å². The molecule has 1 aromatic carbocycles. The summed E-state index contributed by atoms with van der Waals surface area (Å²) in [6.07, 6.45) is 0. The highest BCUT2D eigenvalue weighted by molar-refractivity contribution is 5.95. The number of amides is 1. The Morgan fingerprint density at radius 3 is 2.74 bits per heavy atom. The Bertz CT molecular complexity index is 663. The van der Waals surface area contributed by atoms with Gasteiger partial charge in [-0.1, -0.05) is 0 Å². The third-order valence-corrected chi connectivity index (χ3v) is 2.98. The number of halogens is 1. The lowest BCUT2D eigenvalue weighted by atomic mass is 10.2. The van der Waals surface area contributed by atoms with Gasteiger partial charge in [0.05, 0.1) is 13.7 Å². The molecule has 1 unspecified atom stereocenters. The maximum Gasteiger partial charge on any atom is 0.243 e. The van der Waals surface area contributed by atoms with Gasteiger partial charge in [-0.3, -0.25) is 4.79 Å². The lowest BCUT2D eigenvalue weighted by molar-refractivity contribution is -0.118. The summed E-state index contributed by atoms with van der Waals surface area (Å²) in [6, 6.07) is 4.39. The maximum absolute atomic E-state index is 11.9. The van der Waals surface area contributed by atoms with Crippen LogP contribution in [0.15, 0.2) is 18.2 Å². The second-order valence-electron chi connectivity index (χ2n) is 4.58. The highest BCUT2D eigenvalue weighted by atomic mass is 35.5. The minimum atomic E-state index is -0.745. The number of aromatic nitrogens is 4. The number of tetrazole rings is 1. The van der Waals surface area contributed by atoms with E-state index in [4.69, 9.17) is 15.2 Å². The second-order valence-corrected chi connectivity index (χ2v) is 4.58. The number of carbonyl (C=O) groups excluding carboxylic acids is 1. The third-order valence-electron chi connectivity index (χ3n) is 2.98. The predicted molar refractivity (Wildman–Crippen MR) is 86.2 cm³/mol. The number of ether oxygens (including phenoxy) is 2. The predicted octanol–water partition coefficient (Wildman–Crippen LogP) is 0.313. The molecule has 0 fully saturated rings. The van der Waals surface area contributed by atoms with Crippen molar-refractivity contribution in [1.82, 2.24) is 20.2 Å². The summed E-state index contributed by atoms with van der Waals surface area (Å²) in [5, 5.41) is 14.1. The molecule has 1 aromatic heterocycles. The molecule has 1 heterocycles. The largest absolute Gasteiger partial charge is 0.494 e. The number of rotatable bonds is 6. The summed E-state index contributed by atoms with van der Waals surface area (Å²) in [4.78, 5) is 11.9. The fourth-order valence-corrected chi connectivity index (χ4v) is 1.88. The Hall–Kier alpha value is -2.23. The van der Waals surface area contributed by atoms with Gasteiger partial charge in [-0.15, -0.1) is 17.5 Å². The first-order valence-corrected chi connectivity index (χ1v) is 6.55. The Balaban J connectivity index is 0.00000264. The number of hydrogen-bond acceptors (Lipinski definition) is 7. The van der Waals surface area contributed by atoms with Crippen LogP contribution in [0.5, 0.6) is 5.75 Å². The van der Waals surface area contributed by atoms with Gasteiger partial charge in [0.25, 0.3) is 0 Å². The van der Waals surface area contributed by atoms with Crippen molar-refractivity contribution in [2.24, 2.45) is 5.73 Å². The number of nitrogens with zero attached hydrogens (tertiary/aromatic N) is 4. The second kappa shape index (κ2) is 8.42. The van der Waals surface area contributed by atoms with Crippen molar-refractivity contribution in [2.75, 3.05) is 26.1 Å². The zero-order chi connectivity index (χ0) is 16.1. The molecule has 0 aliphatic rings. The first-order chi connectivity index (χ1) is 10.6. The van der Waals surface area contributed by atoms with Gasteiger partial charge in [-0.2, -0.15) is 4.68 Å². The Kier molecular flexibility index (Phi) is 6.89. The zero-order valence-electron chi connectivity index (χ0n) is 13.0. The summed E-state index contributed by atoms with van der Waals surface area (Å²) in [7, 11) is 3.03. The van der Waals surface area contributed by atoms with Gasteiger partial charge in [-0.05, 0) is 35.5 Å². The van der Waals surface area contributed by atoms with Gasteiger partial charge in [0.1, 0.15) is 17.5 Å². The van der Waals surface area contributed by atoms with E-state index in [9.17, 15) is 4.79 Å². The van der Waals surface area contributed by atoms with Gasteiger partial charge in [0.2, 0.25) is 5.91 Å². The Morgan fingerprint density at radius 1 is 1.43 bits per heavy atom. The van der Waals surface area contributed by atoms with Crippen LogP contribution in [0.1, 0.15) is 5.82 Å². The molecule has 3 N–H and O–H groups in total. The zero-order valence-corrected chi connectivity index (χ0v) is 13.8. The summed E-state index contributed by atoms with van der Waals surface area (Å²) in [5.74, 6) is 0.832. The average molecular weight is 343 g/mol. The molecule has 23 heavy (non-hydrogen) atoms. The summed E-state index contributed by atoms with van der Waals surface area (Å²) in [5.41, 5.74) is 6.86. The number of hydrogen-bond donors (Lipinski definition) is 2. The number of aryl methyl sites for hydroxylation is 1. The molecule has 0 radical (unpaired) electrons. The quantitative estimate of drug-likeness (QED) is 0.775. The molecule has 0 aliphatic carbocycles. The van der Waals surface area contributed by atoms with Crippen LogP contribution in [-0.4, -0.2) is 53.0 Å². The van der Waals surface area contributed by atoms with E-state index in [0.29, 0.717) is 22.9 Å². The number of benzene rings is 1. The van der Waals surface area contributed by atoms with E-state index in [1.54, 1.807) is 32.2 Å². The number of carbonyl (C=O) groups is 1. The first-order valence-electron chi connectivity index (χ1n) is 6.55. The van der Waals surface area contributed by atoms with Crippen molar-refractivity contribution < 1.29 is 14.3 Å². The van der Waals surface area contributed by atoms with Gasteiger partial charge < -0.3 is 20.5 Å². The van der Waals surface area contributed by atoms with Crippen molar-refractivity contribution in [3.8, 4) is 11.4 Å². The molecule has 0 aliphatic heterocycles. The minimum Gasteiger partial charge on any atom is -0.494 e. The van der Waals surface area contributed by atoms with Crippen LogP contribution < -0.4 is 15.8 Å². The lowest BCUT2D eigenvalue weighted by Gasteiger charge is -2.14. The van der Waals surface area contributed by atoms with Crippen LogP contribution >= 0.6 is 12.4 Å². The van der Waals surface area contributed by atoms with Crippen molar-refractivity contribution in [1.29, 1.82) is 0 Å². The van der Waals surface area contributed by atoms with E-state index < -0.39 is 6.04 Å². The monoisotopic (exact) mass is 342 g/mol. The fraction of sp³-hybridized carbons (Fsp3) is 0.385. The number of nitrogens with one attached hydrogen (secondary N) is 1. The van der Waals surface area contributed by atoms with Gasteiger partial charge in [-0.25, -0.2) is 0 Å². The van der Waals surface area contributed by atoms with E-state index in [0.717, 1.165) is 0 Å². The van der Waals surface area contributed by atoms with E-state index in [1.165, 1.54) is 11.8 Å². The molecular formula is C13H19ClN6O3. The van der Waals surface area contributed by atoms with Crippen LogP contribution in [0.25, 0.3) is 5.69 Å². The van der Waals surface area contributed by atoms with Crippen molar-refractivity contribution in [3.05, 3.63) is 24.0 Å². The highest BCUT2D eigenvalue weighted by Gasteiger charge is 2.15. The van der Waals surface area contributed by atoms with Crippen molar-refractivity contribution in [2.45, 2.75) is 13.0 Å². The molecular weight excluding hydrogens is 324 g/mol. The smallest absolute Gasteiger partial charge is 0.243 e. The molecule has 0 saturated carbocycles. The standard InChI is InChI=1S/C13H18N6O3.ClH/c1-8-16-17-18-19(8)11-6-9(4-5-12(11)22-3)15-13(20)10(14)7-21-2;/h4-6,10H,7,14H2,1-3H3,(H,15,20);1H. The summed E-state index contributed by atoms with van der Waals surface area (Å²) < 4.78 is 11.7. The normalized spacial score (nSPS) is 11.5. The van der Waals surface area contributed by atoms with Crippen LogP contribution in [0.2, 0.25) is 0 Å².